The van der Waals surface area contributed by atoms with Gasteiger partial charge in [0.25, 0.3) is 0 Å². The van der Waals surface area contributed by atoms with Gasteiger partial charge in [-0.1, -0.05) is 94.2 Å². The topological polar surface area (TPSA) is 220 Å². The van der Waals surface area contributed by atoms with Gasteiger partial charge in [0.1, 0.15) is 52.9 Å². The first-order valence-electron chi connectivity index (χ1n) is 19.7. The van der Waals surface area contributed by atoms with Crippen molar-refractivity contribution in [3.63, 3.8) is 0 Å². The number of hydrogen-bond donors (Lipinski definition) is 0. The van der Waals surface area contributed by atoms with Crippen LogP contribution >= 0.6 is 0 Å². The van der Waals surface area contributed by atoms with Gasteiger partial charge in [0.05, 0.1) is 29.5 Å². The highest BCUT2D eigenvalue weighted by Crippen LogP contribution is 2.37. The Morgan fingerprint density at radius 3 is 0.625 bits per heavy atom. The highest BCUT2D eigenvalue weighted by atomic mass is 16.6. The van der Waals surface area contributed by atoms with E-state index >= 15 is 0 Å². The van der Waals surface area contributed by atoms with Crippen LogP contribution in [0.15, 0.2) is 101 Å². The van der Waals surface area contributed by atoms with Gasteiger partial charge in [-0.3, -0.25) is 0 Å². The van der Waals surface area contributed by atoms with Crippen LogP contribution in [-0.2, 0) is 81.0 Å². The maximum Gasteiger partial charge on any atom is 0.330 e. The molecule has 0 aliphatic rings. The van der Waals surface area contributed by atoms with Gasteiger partial charge in [-0.15, -0.1) is 0 Å². The Hall–Kier alpha value is -6.36. The first-order chi connectivity index (χ1) is 29.8. The normalized spacial score (nSPS) is 11.2. The van der Waals surface area contributed by atoms with Gasteiger partial charge in [-0.25, -0.2) is 38.4 Å². The zero-order chi connectivity index (χ0) is 49.6. The van der Waals surface area contributed by atoms with Gasteiger partial charge in [-0.2, -0.15) is 0 Å². The quantitative estimate of drug-likeness (QED) is 0.0483. The average molecular weight is 903 g/mol. The van der Waals surface area contributed by atoms with Gasteiger partial charge >= 0.3 is 47.8 Å². The summed E-state index contributed by atoms with van der Waals surface area (Å²) in [5.41, 5.74) is -3.87. The lowest BCUT2D eigenvalue weighted by molar-refractivity contribution is -0.167. The molecule has 0 saturated heterocycles. The molecule has 0 radical (unpaired) electrons. The molecule has 0 unspecified atom stereocenters. The van der Waals surface area contributed by atoms with Crippen LogP contribution in [0.4, 0.5) is 0 Å². The van der Waals surface area contributed by atoms with Crippen molar-refractivity contribution in [3.8, 4) is 0 Å². The van der Waals surface area contributed by atoms with E-state index in [0.717, 1.165) is 48.6 Å². The maximum atomic E-state index is 11.9. The van der Waals surface area contributed by atoms with Crippen LogP contribution < -0.4 is 0 Å². The second kappa shape index (κ2) is 29.9. The van der Waals surface area contributed by atoms with Crippen molar-refractivity contribution >= 4 is 47.8 Å². The molecular weight excluding hydrogens is 836 g/mol. The molecular formula is C47H66O17. The fourth-order valence-corrected chi connectivity index (χ4v) is 5.81. The summed E-state index contributed by atoms with van der Waals surface area (Å²) >= 11 is 0. The van der Waals surface area contributed by atoms with Crippen molar-refractivity contribution in [2.75, 3.05) is 66.1 Å². The van der Waals surface area contributed by atoms with Gasteiger partial charge < -0.3 is 42.6 Å². The first-order valence-corrected chi connectivity index (χ1v) is 19.7. The van der Waals surface area contributed by atoms with E-state index in [4.69, 9.17) is 42.6 Å². The van der Waals surface area contributed by atoms with E-state index < -0.39 is 83.8 Å². The molecule has 64 heavy (non-hydrogen) atoms. The number of esters is 8. The number of hydrogen-bond acceptors (Lipinski definition) is 17. The largest absolute Gasteiger partial charge is 0.462 e. The number of ether oxygens (including phenoxy) is 9. The van der Waals surface area contributed by atoms with Crippen molar-refractivity contribution in [1.82, 2.24) is 0 Å². The van der Waals surface area contributed by atoms with E-state index in [0.29, 0.717) is 12.8 Å². The van der Waals surface area contributed by atoms with Gasteiger partial charge in [0.15, 0.2) is 0 Å². The molecule has 0 saturated carbocycles. The number of rotatable bonds is 30. The first kappa shape index (κ1) is 59.7. The fraction of sp³-hybridized carbons (Fsp3) is 0.489. The average Bonchev–Trinajstić information content (AvgIpc) is 3.26. The van der Waals surface area contributed by atoms with Crippen LogP contribution in [0.25, 0.3) is 0 Å². The van der Waals surface area contributed by atoms with Crippen molar-refractivity contribution in [2.45, 2.75) is 54.4 Å². The SMILES string of the molecule is C=CC(=O)OCC(COC(=O)C=C)(COC(=O)C=C)CC(C)(C)C.C=CC(=O)OCC(COCC(COC(=O)C=C)(COC(=O)C=C)CC(C)(C)C)(COC(=O)C=C)COC(=O)C=C. The summed E-state index contributed by atoms with van der Waals surface area (Å²) in [6.07, 6.45) is 8.75. The monoisotopic (exact) mass is 902 g/mol. The van der Waals surface area contributed by atoms with Crippen molar-refractivity contribution in [3.05, 3.63) is 101 Å². The van der Waals surface area contributed by atoms with Gasteiger partial charge in [0, 0.05) is 48.6 Å². The molecule has 0 aromatic carbocycles. The van der Waals surface area contributed by atoms with Crippen LogP contribution in [0.1, 0.15) is 54.4 Å². The summed E-state index contributed by atoms with van der Waals surface area (Å²) < 4.78 is 47.8. The second-order valence-corrected chi connectivity index (χ2v) is 17.0. The summed E-state index contributed by atoms with van der Waals surface area (Å²) in [6.45, 7) is 36.3. The maximum absolute atomic E-state index is 11.9. The van der Waals surface area contributed by atoms with E-state index in [1.54, 1.807) is 0 Å². The molecule has 0 rings (SSSR count). The highest BCUT2D eigenvalue weighted by Gasteiger charge is 2.42. The van der Waals surface area contributed by atoms with Crippen LogP contribution in [0, 0.1) is 27.1 Å². The predicted molar refractivity (Wildman–Crippen MR) is 236 cm³/mol. The zero-order valence-corrected chi connectivity index (χ0v) is 38.2. The highest BCUT2D eigenvalue weighted by molar-refractivity contribution is 5.84. The molecule has 0 bridgehead atoms. The minimum atomic E-state index is -1.38. The predicted octanol–water partition coefficient (Wildman–Crippen LogP) is 5.65. The molecule has 0 spiro atoms. The third kappa shape index (κ3) is 27.6. The lowest BCUT2D eigenvalue weighted by Crippen LogP contribution is -2.46. The summed E-state index contributed by atoms with van der Waals surface area (Å²) in [5, 5.41) is 0. The molecule has 356 valence electrons. The Morgan fingerprint density at radius 2 is 0.453 bits per heavy atom. The molecule has 0 fully saturated rings. The minimum Gasteiger partial charge on any atom is -0.462 e. The second-order valence-electron chi connectivity index (χ2n) is 17.0. The van der Waals surface area contributed by atoms with E-state index in [2.05, 4.69) is 52.6 Å². The Kier molecular flexibility index (Phi) is 27.9. The molecule has 0 atom stereocenters. The van der Waals surface area contributed by atoms with E-state index in [1.807, 2.05) is 41.5 Å². The third-order valence-corrected chi connectivity index (χ3v) is 8.13. The lowest BCUT2D eigenvalue weighted by Gasteiger charge is -2.39. The van der Waals surface area contributed by atoms with Crippen molar-refractivity contribution < 1.29 is 81.0 Å². The lowest BCUT2D eigenvalue weighted by atomic mass is 9.75. The van der Waals surface area contributed by atoms with Gasteiger partial charge in [-0.05, 0) is 23.7 Å². The molecule has 0 N–H and O–H groups in total. The molecule has 17 nitrogen and oxygen atoms in total. The van der Waals surface area contributed by atoms with Crippen LogP contribution in [0.5, 0.6) is 0 Å². The summed E-state index contributed by atoms with van der Waals surface area (Å²) in [4.78, 5) is 93.6. The molecule has 0 amide bonds. The van der Waals surface area contributed by atoms with E-state index in [-0.39, 0.29) is 57.1 Å². The van der Waals surface area contributed by atoms with Gasteiger partial charge in [0.2, 0.25) is 0 Å². The van der Waals surface area contributed by atoms with Crippen molar-refractivity contribution in [1.29, 1.82) is 0 Å². The number of carbonyl (C=O) groups excluding carboxylic acids is 8. The van der Waals surface area contributed by atoms with Crippen LogP contribution in [0.3, 0.4) is 0 Å². The number of carbonyl (C=O) groups is 8. The van der Waals surface area contributed by atoms with E-state index in [9.17, 15) is 38.4 Å². The summed E-state index contributed by atoms with van der Waals surface area (Å²) in [6, 6.07) is 0. The summed E-state index contributed by atoms with van der Waals surface area (Å²) in [5.74, 6) is -5.54. The van der Waals surface area contributed by atoms with Crippen LogP contribution in [-0.4, -0.2) is 114 Å². The smallest absolute Gasteiger partial charge is 0.330 e. The Morgan fingerprint density at radius 1 is 0.297 bits per heavy atom. The van der Waals surface area contributed by atoms with Crippen LogP contribution in [0.2, 0.25) is 0 Å². The molecule has 17 heteroatoms. The standard InChI is InChI=1S/C29H40O11.C18H26O6/c1-9-22(30)36-17-28(14-27(6,7)8,18-37-23(31)10-2)15-35-16-29(19-38-24(32)11-3,20-39-25(33)12-4)21-40-26(34)13-5;1-7-14(19)22-11-18(10-17(4,5)6,12-23-15(20)8-2)13-24-16(21)9-3/h9-13H,1-5,14-21H2,6-8H3;7-9H,1-3,10-13H2,4-6H3. The molecule has 0 heterocycles. The molecule has 0 aliphatic carbocycles. The third-order valence-electron chi connectivity index (χ3n) is 8.13. The minimum absolute atomic E-state index is 0.0933. The Balaban J connectivity index is 0. The van der Waals surface area contributed by atoms with E-state index in [1.165, 1.54) is 0 Å². The Bertz CT molecular complexity index is 1540. The summed E-state index contributed by atoms with van der Waals surface area (Å²) in [7, 11) is 0. The zero-order valence-electron chi connectivity index (χ0n) is 38.2. The molecule has 0 aliphatic heterocycles. The molecule has 0 aromatic heterocycles. The Labute approximate surface area is 376 Å². The fourth-order valence-electron chi connectivity index (χ4n) is 5.81. The van der Waals surface area contributed by atoms with Crippen molar-refractivity contribution in [2.24, 2.45) is 27.1 Å². The molecule has 0 aromatic rings.